The maximum atomic E-state index is 12.2. The zero-order valence-corrected chi connectivity index (χ0v) is 12.7. The van der Waals surface area contributed by atoms with Gasteiger partial charge < -0.3 is 9.64 Å². The fourth-order valence-corrected chi connectivity index (χ4v) is 2.74. The molecule has 2 aromatic carbocycles. The van der Waals surface area contributed by atoms with Crippen LogP contribution >= 0.6 is 23.2 Å². The average Bonchev–Trinajstić information content (AvgIpc) is 2.59. The van der Waals surface area contributed by atoms with E-state index in [2.05, 4.69) is 0 Å². The molecule has 1 amide bonds. The summed E-state index contributed by atoms with van der Waals surface area (Å²) in [6.45, 7) is 1.01. The van der Waals surface area contributed by atoms with Gasteiger partial charge in [0, 0.05) is 28.7 Å². The van der Waals surface area contributed by atoms with Crippen molar-refractivity contribution < 1.29 is 9.53 Å². The molecule has 21 heavy (non-hydrogen) atoms. The van der Waals surface area contributed by atoms with Gasteiger partial charge in [0.25, 0.3) is 5.91 Å². The van der Waals surface area contributed by atoms with Crippen molar-refractivity contribution in [3.63, 3.8) is 0 Å². The molecule has 0 bridgehead atoms. The molecule has 2 aromatic rings. The van der Waals surface area contributed by atoms with E-state index < -0.39 is 0 Å². The predicted molar refractivity (Wildman–Crippen MR) is 82.7 cm³/mol. The van der Waals surface area contributed by atoms with Crippen molar-refractivity contribution in [2.45, 2.75) is 13.1 Å². The molecule has 3 rings (SSSR count). The second-order valence-corrected chi connectivity index (χ2v) is 5.79. The van der Waals surface area contributed by atoms with Crippen molar-refractivity contribution in [2.24, 2.45) is 0 Å². The van der Waals surface area contributed by atoms with Gasteiger partial charge in [-0.05, 0) is 35.9 Å². The number of hydrogen-bond donors (Lipinski definition) is 0. The molecule has 0 unspecified atom stereocenters. The Morgan fingerprint density at radius 2 is 1.90 bits per heavy atom. The fourth-order valence-electron chi connectivity index (χ4n) is 2.34. The first-order valence-electron chi connectivity index (χ1n) is 6.55. The molecule has 0 aromatic heterocycles. The summed E-state index contributed by atoms with van der Waals surface area (Å²) in [5, 5.41) is 1.30. The second-order valence-electron chi connectivity index (χ2n) is 4.92. The van der Waals surface area contributed by atoms with Gasteiger partial charge >= 0.3 is 0 Å². The van der Waals surface area contributed by atoms with Crippen LogP contribution in [-0.2, 0) is 17.9 Å². The molecule has 0 spiro atoms. The van der Waals surface area contributed by atoms with Crippen LogP contribution in [0.3, 0.4) is 0 Å². The lowest BCUT2D eigenvalue weighted by Gasteiger charge is -2.20. The third-order valence-electron chi connectivity index (χ3n) is 3.35. The Morgan fingerprint density at radius 3 is 2.71 bits per heavy atom. The molecular weight excluding hydrogens is 309 g/mol. The van der Waals surface area contributed by atoms with Crippen molar-refractivity contribution in [1.29, 1.82) is 0 Å². The summed E-state index contributed by atoms with van der Waals surface area (Å²) in [5.74, 6) is 0.656. The number of halogens is 2. The van der Waals surface area contributed by atoms with Gasteiger partial charge in [-0.3, -0.25) is 4.79 Å². The molecule has 0 atom stereocenters. The Morgan fingerprint density at radius 1 is 1.10 bits per heavy atom. The molecule has 0 saturated carbocycles. The smallest absolute Gasteiger partial charge is 0.261 e. The number of hydrogen-bond acceptors (Lipinski definition) is 2. The SMILES string of the molecule is O=C1COc2ccc(Cl)cc2CN1Cc1cccc(Cl)c1. The third kappa shape index (κ3) is 3.31. The van der Waals surface area contributed by atoms with Crippen LogP contribution in [0.4, 0.5) is 0 Å². The lowest BCUT2D eigenvalue weighted by atomic mass is 10.1. The monoisotopic (exact) mass is 321 g/mol. The summed E-state index contributed by atoms with van der Waals surface area (Å²) in [5.41, 5.74) is 1.90. The van der Waals surface area contributed by atoms with E-state index >= 15 is 0 Å². The van der Waals surface area contributed by atoms with Crippen molar-refractivity contribution in [3.05, 3.63) is 63.6 Å². The molecule has 0 radical (unpaired) electrons. The minimum absolute atomic E-state index is 0.0369. The van der Waals surface area contributed by atoms with Crippen LogP contribution in [0.25, 0.3) is 0 Å². The Bertz CT molecular complexity index is 688. The summed E-state index contributed by atoms with van der Waals surface area (Å²) < 4.78 is 5.53. The van der Waals surface area contributed by atoms with E-state index in [0.29, 0.717) is 28.9 Å². The summed E-state index contributed by atoms with van der Waals surface area (Å²) in [7, 11) is 0. The number of nitrogens with zero attached hydrogens (tertiary/aromatic N) is 1. The zero-order valence-electron chi connectivity index (χ0n) is 11.2. The van der Waals surface area contributed by atoms with Crippen LogP contribution in [0.2, 0.25) is 10.0 Å². The molecule has 0 saturated heterocycles. The minimum Gasteiger partial charge on any atom is -0.483 e. The van der Waals surface area contributed by atoms with Crippen LogP contribution in [0.15, 0.2) is 42.5 Å². The topological polar surface area (TPSA) is 29.5 Å². The first-order valence-corrected chi connectivity index (χ1v) is 7.31. The lowest BCUT2D eigenvalue weighted by molar-refractivity contribution is -0.133. The van der Waals surface area contributed by atoms with Gasteiger partial charge in [-0.2, -0.15) is 0 Å². The maximum Gasteiger partial charge on any atom is 0.261 e. The van der Waals surface area contributed by atoms with Gasteiger partial charge in [-0.15, -0.1) is 0 Å². The summed E-state index contributed by atoms with van der Waals surface area (Å²) in [6, 6.07) is 12.9. The highest BCUT2D eigenvalue weighted by molar-refractivity contribution is 6.30. The van der Waals surface area contributed by atoms with E-state index in [1.54, 1.807) is 17.0 Å². The molecule has 3 nitrogen and oxygen atoms in total. The number of benzene rings is 2. The molecule has 108 valence electrons. The average molecular weight is 322 g/mol. The summed E-state index contributed by atoms with van der Waals surface area (Å²) >= 11 is 12.0. The highest BCUT2D eigenvalue weighted by atomic mass is 35.5. The minimum atomic E-state index is -0.0534. The number of carbonyl (C=O) groups is 1. The highest BCUT2D eigenvalue weighted by Gasteiger charge is 2.21. The Hall–Kier alpha value is -1.71. The van der Waals surface area contributed by atoms with Gasteiger partial charge in [-0.1, -0.05) is 35.3 Å². The zero-order chi connectivity index (χ0) is 14.8. The predicted octanol–water partition coefficient (Wildman–Crippen LogP) is 3.91. The lowest BCUT2D eigenvalue weighted by Crippen LogP contribution is -2.31. The standard InChI is InChI=1S/C16H13Cl2NO2/c17-13-3-1-2-11(6-13)8-19-9-12-7-14(18)4-5-15(12)21-10-16(19)20/h1-7H,8-10H2. The number of carbonyl (C=O) groups excluding carboxylic acids is 1. The number of rotatable bonds is 2. The largest absolute Gasteiger partial charge is 0.483 e. The number of ether oxygens (including phenoxy) is 1. The maximum absolute atomic E-state index is 12.2. The van der Waals surface area contributed by atoms with Crippen molar-refractivity contribution in [3.8, 4) is 5.75 Å². The molecule has 0 N–H and O–H groups in total. The quantitative estimate of drug-likeness (QED) is 0.839. The molecule has 5 heteroatoms. The van der Waals surface area contributed by atoms with E-state index in [0.717, 1.165) is 11.1 Å². The van der Waals surface area contributed by atoms with Crippen LogP contribution < -0.4 is 4.74 Å². The molecular formula is C16H13Cl2NO2. The van der Waals surface area contributed by atoms with Crippen molar-refractivity contribution >= 4 is 29.1 Å². The molecule has 0 fully saturated rings. The number of fused-ring (bicyclic) bond motifs is 1. The van der Waals surface area contributed by atoms with Crippen LogP contribution in [-0.4, -0.2) is 17.4 Å². The first kappa shape index (κ1) is 14.2. The first-order chi connectivity index (χ1) is 10.1. The van der Waals surface area contributed by atoms with Gasteiger partial charge in [0.2, 0.25) is 0 Å². The third-order valence-corrected chi connectivity index (χ3v) is 3.82. The Balaban J connectivity index is 1.86. The van der Waals surface area contributed by atoms with Crippen LogP contribution in [0.1, 0.15) is 11.1 Å². The fraction of sp³-hybridized carbons (Fsp3) is 0.188. The van der Waals surface area contributed by atoms with E-state index in [4.69, 9.17) is 27.9 Å². The van der Waals surface area contributed by atoms with Gasteiger partial charge in [0.1, 0.15) is 5.75 Å². The Labute approximate surface area is 133 Å². The normalized spacial score (nSPS) is 14.4. The summed E-state index contributed by atoms with van der Waals surface area (Å²) in [6.07, 6.45) is 0. The molecule has 0 aliphatic carbocycles. The van der Waals surface area contributed by atoms with Gasteiger partial charge in [-0.25, -0.2) is 0 Å². The summed E-state index contributed by atoms with van der Waals surface area (Å²) in [4.78, 5) is 13.9. The molecule has 1 aliphatic heterocycles. The van der Waals surface area contributed by atoms with E-state index in [1.165, 1.54) is 0 Å². The van der Waals surface area contributed by atoms with E-state index in [9.17, 15) is 4.79 Å². The van der Waals surface area contributed by atoms with E-state index in [-0.39, 0.29) is 12.5 Å². The second kappa shape index (κ2) is 5.96. The van der Waals surface area contributed by atoms with Crippen molar-refractivity contribution in [1.82, 2.24) is 4.90 Å². The number of amides is 1. The molecule has 1 heterocycles. The van der Waals surface area contributed by atoms with Gasteiger partial charge in [0.15, 0.2) is 6.61 Å². The van der Waals surface area contributed by atoms with Crippen molar-refractivity contribution in [2.75, 3.05) is 6.61 Å². The highest BCUT2D eigenvalue weighted by Crippen LogP contribution is 2.27. The van der Waals surface area contributed by atoms with Gasteiger partial charge in [0.05, 0.1) is 0 Å². The molecule has 1 aliphatic rings. The van der Waals surface area contributed by atoms with Crippen LogP contribution in [0.5, 0.6) is 5.75 Å². The van der Waals surface area contributed by atoms with E-state index in [1.807, 2.05) is 30.3 Å². The van der Waals surface area contributed by atoms with Crippen LogP contribution in [0, 0.1) is 0 Å². The Kier molecular flexibility index (Phi) is 4.04.